The van der Waals surface area contributed by atoms with Crippen LogP contribution in [-0.4, -0.2) is 25.0 Å². The summed E-state index contributed by atoms with van der Waals surface area (Å²) >= 11 is 1.34. The van der Waals surface area contributed by atoms with Crippen molar-refractivity contribution in [3.05, 3.63) is 87.6 Å². The Bertz CT molecular complexity index is 1590. The summed E-state index contributed by atoms with van der Waals surface area (Å²) in [5.74, 6) is -1.06. The molecule has 0 amide bonds. The lowest BCUT2D eigenvalue weighted by molar-refractivity contribution is -0.137. The molecular weight excluding hydrogens is 530 g/mol. The highest BCUT2D eigenvalue weighted by Crippen LogP contribution is 2.44. The number of halogens is 4. The van der Waals surface area contributed by atoms with E-state index in [1.54, 1.807) is 18.4 Å². The Morgan fingerprint density at radius 3 is 2.54 bits per heavy atom. The van der Waals surface area contributed by atoms with E-state index in [0.29, 0.717) is 34.6 Å². The van der Waals surface area contributed by atoms with E-state index in [0.717, 1.165) is 23.2 Å². The van der Waals surface area contributed by atoms with Gasteiger partial charge in [-0.15, -0.1) is 11.3 Å². The third-order valence-corrected chi connectivity index (χ3v) is 8.07. The molecule has 2 aromatic heterocycles. The quantitative estimate of drug-likeness (QED) is 0.231. The van der Waals surface area contributed by atoms with Crippen LogP contribution in [-0.2, 0) is 16.2 Å². The number of pyridine rings is 1. The normalized spacial score (nSPS) is 15.6. The van der Waals surface area contributed by atoms with Crippen LogP contribution in [0.1, 0.15) is 34.0 Å². The third-order valence-electron chi connectivity index (χ3n) is 5.94. The zero-order valence-corrected chi connectivity index (χ0v) is 20.8. The van der Waals surface area contributed by atoms with Gasteiger partial charge in [0.1, 0.15) is 11.6 Å². The molecule has 4 aromatic rings. The van der Waals surface area contributed by atoms with Crippen molar-refractivity contribution in [3.8, 4) is 17.0 Å². The van der Waals surface area contributed by atoms with Gasteiger partial charge in [0, 0.05) is 28.5 Å². The number of hydrogen-bond acceptors (Lipinski definition) is 6. The highest BCUT2D eigenvalue weighted by atomic mass is 32.2. The number of nitrogens with zero attached hydrogens (tertiary/aromatic N) is 2. The average Bonchev–Trinajstić information content (AvgIpc) is 3.28. The maximum absolute atomic E-state index is 13.5. The van der Waals surface area contributed by atoms with E-state index in [1.807, 2.05) is 0 Å². The van der Waals surface area contributed by atoms with Crippen molar-refractivity contribution in [2.75, 3.05) is 11.3 Å². The lowest BCUT2D eigenvalue weighted by atomic mass is 9.83. The summed E-state index contributed by atoms with van der Waals surface area (Å²) in [6.07, 6.45) is -4.04. The van der Waals surface area contributed by atoms with E-state index >= 15 is 0 Å². The van der Waals surface area contributed by atoms with Crippen LogP contribution in [0.2, 0.25) is 0 Å². The molecule has 0 fully saturated rings. The second-order valence-electron chi connectivity index (χ2n) is 8.39. The topological polar surface area (TPSA) is 81.2 Å². The number of hydrogen-bond donors (Lipinski definition) is 1. The molecule has 0 radical (unpaired) electrons. The number of aryl methyl sites for hydroxylation is 1. The third kappa shape index (κ3) is 5.16. The fourth-order valence-corrected chi connectivity index (χ4v) is 5.90. The van der Waals surface area contributed by atoms with E-state index in [4.69, 9.17) is 4.74 Å². The van der Waals surface area contributed by atoms with Crippen LogP contribution in [0.5, 0.6) is 5.75 Å². The number of thiazole rings is 1. The summed E-state index contributed by atoms with van der Waals surface area (Å²) in [5, 5.41) is 2.44. The van der Waals surface area contributed by atoms with Gasteiger partial charge in [-0.2, -0.15) is 17.6 Å². The molecule has 1 N–H and O–H groups in total. The van der Waals surface area contributed by atoms with Crippen molar-refractivity contribution >= 4 is 27.2 Å². The van der Waals surface area contributed by atoms with E-state index in [9.17, 15) is 26.0 Å². The summed E-state index contributed by atoms with van der Waals surface area (Å²) in [6, 6.07) is 11.6. The molecule has 2 aromatic carbocycles. The first-order valence-corrected chi connectivity index (χ1v) is 13.4. The molecule has 0 spiro atoms. The van der Waals surface area contributed by atoms with Crippen LogP contribution in [0.15, 0.2) is 64.9 Å². The number of rotatable bonds is 5. The zero-order valence-electron chi connectivity index (χ0n) is 19.2. The van der Waals surface area contributed by atoms with Crippen LogP contribution in [0.3, 0.4) is 0 Å². The predicted octanol–water partition coefficient (Wildman–Crippen LogP) is 6.39. The Balaban J connectivity index is 1.54. The van der Waals surface area contributed by atoms with Crippen LogP contribution in [0.25, 0.3) is 11.3 Å². The Labute approximate surface area is 214 Å². The van der Waals surface area contributed by atoms with Crippen LogP contribution < -0.4 is 9.46 Å². The number of ether oxygens (including phenoxy) is 1. The number of sulfonamides is 1. The van der Waals surface area contributed by atoms with Crippen LogP contribution >= 0.6 is 11.3 Å². The minimum absolute atomic E-state index is 0.124. The smallest absolute Gasteiger partial charge is 0.416 e. The molecule has 1 aliphatic rings. The zero-order chi connectivity index (χ0) is 26.4. The summed E-state index contributed by atoms with van der Waals surface area (Å²) in [5.41, 5.74) is 1.32. The highest BCUT2D eigenvalue weighted by Gasteiger charge is 2.33. The van der Waals surface area contributed by atoms with Crippen molar-refractivity contribution < 1.29 is 30.7 Å². The van der Waals surface area contributed by atoms with Gasteiger partial charge in [0.15, 0.2) is 0 Å². The predicted molar refractivity (Wildman–Crippen MR) is 131 cm³/mol. The molecule has 0 saturated carbocycles. The largest absolute Gasteiger partial charge is 0.493 e. The summed E-state index contributed by atoms with van der Waals surface area (Å²) < 4.78 is 87.7. The lowest BCUT2D eigenvalue weighted by Gasteiger charge is -2.28. The maximum atomic E-state index is 13.5. The number of alkyl halides is 3. The molecule has 0 bridgehead atoms. The summed E-state index contributed by atoms with van der Waals surface area (Å²) in [7, 11) is -4.11. The Morgan fingerprint density at radius 1 is 1.05 bits per heavy atom. The first kappa shape index (κ1) is 25.2. The molecule has 12 heteroatoms. The number of anilines is 1. The van der Waals surface area contributed by atoms with Gasteiger partial charge in [0.2, 0.25) is 5.95 Å². The molecular formula is C25H19F4N3O3S2. The van der Waals surface area contributed by atoms with Crippen molar-refractivity contribution in [3.63, 3.8) is 0 Å². The summed E-state index contributed by atoms with van der Waals surface area (Å²) in [4.78, 5) is 7.80. The fourth-order valence-electron chi connectivity index (χ4n) is 4.27. The second kappa shape index (κ2) is 9.42. The molecule has 5 rings (SSSR count). The first-order chi connectivity index (χ1) is 17.5. The van der Waals surface area contributed by atoms with E-state index in [-0.39, 0.29) is 23.2 Å². The molecule has 192 valence electrons. The van der Waals surface area contributed by atoms with Gasteiger partial charge < -0.3 is 4.74 Å². The molecule has 3 heterocycles. The van der Waals surface area contributed by atoms with Gasteiger partial charge in [0.25, 0.3) is 10.0 Å². The second-order valence-corrected chi connectivity index (χ2v) is 11.1. The summed E-state index contributed by atoms with van der Waals surface area (Å²) in [6.45, 7) is 2.01. The van der Waals surface area contributed by atoms with Gasteiger partial charge >= 0.3 is 6.18 Å². The number of fused-ring (bicyclic) bond motifs is 1. The molecule has 1 atom stereocenters. The van der Waals surface area contributed by atoms with Crippen molar-refractivity contribution in [1.29, 1.82) is 0 Å². The minimum atomic E-state index is -4.52. The van der Waals surface area contributed by atoms with Crippen molar-refractivity contribution in [2.45, 2.75) is 30.3 Å². The Kier molecular flexibility index (Phi) is 6.40. The lowest BCUT2D eigenvalue weighted by Crippen LogP contribution is -2.19. The number of aromatic nitrogens is 2. The highest BCUT2D eigenvalue weighted by molar-refractivity contribution is 7.92. The molecule has 0 unspecified atom stereocenters. The Morgan fingerprint density at radius 2 is 1.84 bits per heavy atom. The van der Waals surface area contributed by atoms with Gasteiger partial charge in [0.05, 0.1) is 27.8 Å². The monoisotopic (exact) mass is 549 g/mol. The van der Waals surface area contributed by atoms with Gasteiger partial charge in [-0.05, 0) is 49.2 Å². The maximum Gasteiger partial charge on any atom is 0.416 e. The number of nitrogens with one attached hydrogen (secondary N) is 1. The molecule has 0 aliphatic carbocycles. The molecule has 37 heavy (non-hydrogen) atoms. The standard InChI is InChI=1S/C25H19F4N3O3S2/c1-14-30-21(13-36-14)20-11-15(25(27,28)29)5-7-17(20)18-9-10-35-22-12-16(6-8-19(18)22)37(33,34)32-24-4-2-3-23(26)31-24/h2-8,11-13,18H,9-10H2,1H3,(H,31,32)/t18-/m1/s1. The van der Waals surface area contributed by atoms with E-state index < -0.39 is 27.7 Å². The average molecular weight is 550 g/mol. The minimum Gasteiger partial charge on any atom is -0.493 e. The van der Waals surface area contributed by atoms with Crippen molar-refractivity contribution in [1.82, 2.24) is 9.97 Å². The van der Waals surface area contributed by atoms with E-state index in [1.165, 1.54) is 41.7 Å². The van der Waals surface area contributed by atoms with Crippen LogP contribution in [0.4, 0.5) is 23.4 Å². The fraction of sp³-hybridized carbons (Fsp3) is 0.200. The SMILES string of the molecule is Cc1nc(-c2cc(C(F)(F)F)ccc2[C@H]2CCOc3cc(S(=O)(=O)Nc4cccc(F)n4)ccc32)cs1. The first-order valence-electron chi connectivity index (χ1n) is 11.1. The molecule has 6 nitrogen and oxygen atoms in total. The molecule has 0 saturated heterocycles. The van der Waals surface area contributed by atoms with E-state index in [2.05, 4.69) is 14.7 Å². The van der Waals surface area contributed by atoms with Crippen molar-refractivity contribution in [2.24, 2.45) is 0 Å². The Hall–Kier alpha value is -3.51. The van der Waals surface area contributed by atoms with Gasteiger partial charge in [-0.1, -0.05) is 18.2 Å². The molecule has 1 aliphatic heterocycles. The number of benzene rings is 2. The van der Waals surface area contributed by atoms with Gasteiger partial charge in [-0.25, -0.2) is 18.4 Å². The van der Waals surface area contributed by atoms with Gasteiger partial charge in [-0.3, -0.25) is 4.72 Å². The van der Waals surface area contributed by atoms with Crippen LogP contribution in [0, 0.1) is 12.9 Å².